The number of aliphatic hydroxyl groups is 1. The zero-order chi connectivity index (χ0) is 14.6. The molecule has 1 saturated heterocycles. The monoisotopic (exact) mass is 277 g/mol. The van der Waals surface area contributed by atoms with Gasteiger partial charge < -0.3 is 9.84 Å². The Morgan fingerprint density at radius 2 is 2.15 bits per heavy atom. The van der Waals surface area contributed by atoms with Crippen LogP contribution in [0.5, 0.6) is 0 Å². The second-order valence-electron chi connectivity index (χ2n) is 5.41. The molecule has 0 aromatic heterocycles. The second kappa shape index (κ2) is 6.37. The van der Waals surface area contributed by atoms with Gasteiger partial charge in [-0.2, -0.15) is 0 Å². The van der Waals surface area contributed by atoms with Crippen molar-refractivity contribution in [2.24, 2.45) is 0 Å². The highest BCUT2D eigenvalue weighted by atomic mass is 16.5. The third kappa shape index (κ3) is 2.72. The van der Waals surface area contributed by atoms with E-state index in [9.17, 15) is 9.90 Å². The van der Waals surface area contributed by atoms with Crippen LogP contribution in [-0.2, 0) is 16.1 Å². The Hall–Kier alpha value is -1.39. The van der Waals surface area contributed by atoms with E-state index < -0.39 is 5.54 Å². The van der Waals surface area contributed by atoms with Gasteiger partial charge >= 0.3 is 5.97 Å². The number of likely N-dealkylation sites (tertiary alicyclic amines) is 1. The molecule has 1 aliphatic heterocycles. The first-order chi connectivity index (χ1) is 9.64. The molecule has 1 N–H and O–H groups in total. The smallest absolute Gasteiger partial charge is 0.328 e. The van der Waals surface area contributed by atoms with Gasteiger partial charge in [-0.25, -0.2) is 4.79 Å². The minimum atomic E-state index is -0.884. The van der Waals surface area contributed by atoms with Crippen LogP contribution < -0.4 is 0 Å². The van der Waals surface area contributed by atoms with E-state index in [-0.39, 0.29) is 18.6 Å². The van der Waals surface area contributed by atoms with Crippen molar-refractivity contribution in [1.29, 1.82) is 0 Å². The zero-order valence-electron chi connectivity index (χ0n) is 12.2. The molecule has 1 fully saturated rings. The number of rotatable bonds is 5. The largest absolute Gasteiger partial charge is 0.465 e. The number of esters is 1. The molecule has 0 radical (unpaired) electrons. The summed E-state index contributed by atoms with van der Waals surface area (Å²) in [7, 11) is 0. The van der Waals surface area contributed by atoms with Crippen LogP contribution in [0, 0.1) is 0 Å². The van der Waals surface area contributed by atoms with Gasteiger partial charge in [0.25, 0.3) is 0 Å². The van der Waals surface area contributed by atoms with Crippen LogP contribution in [0.25, 0.3) is 0 Å². The fraction of sp³-hybridized carbons (Fsp3) is 0.562. The third-order valence-corrected chi connectivity index (χ3v) is 4.17. The molecule has 0 bridgehead atoms. The fourth-order valence-electron chi connectivity index (χ4n) is 2.98. The summed E-state index contributed by atoms with van der Waals surface area (Å²) in [4.78, 5) is 14.4. The maximum absolute atomic E-state index is 12.3. The van der Waals surface area contributed by atoms with E-state index in [1.165, 1.54) is 0 Å². The first-order valence-corrected chi connectivity index (χ1v) is 7.23. The maximum atomic E-state index is 12.3. The van der Waals surface area contributed by atoms with Gasteiger partial charge in [-0.3, -0.25) is 4.90 Å². The van der Waals surface area contributed by atoms with E-state index in [1.807, 2.05) is 30.3 Å². The van der Waals surface area contributed by atoms with E-state index in [0.717, 1.165) is 12.0 Å². The minimum Gasteiger partial charge on any atom is -0.465 e. The molecule has 1 aromatic carbocycles. The summed E-state index contributed by atoms with van der Waals surface area (Å²) in [5.74, 6) is -0.303. The lowest BCUT2D eigenvalue weighted by atomic mass is 9.97. The van der Waals surface area contributed by atoms with Gasteiger partial charge in [0.2, 0.25) is 0 Å². The number of aliphatic hydroxyl groups excluding tert-OH is 1. The molecule has 0 amide bonds. The zero-order valence-corrected chi connectivity index (χ0v) is 12.2. The van der Waals surface area contributed by atoms with E-state index in [2.05, 4.69) is 11.8 Å². The lowest BCUT2D eigenvalue weighted by Gasteiger charge is -2.37. The van der Waals surface area contributed by atoms with Crippen LogP contribution in [0.3, 0.4) is 0 Å². The molecule has 20 heavy (non-hydrogen) atoms. The molecular formula is C16H23NO3. The number of hydrogen-bond donors (Lipinski definition) is 1. The number of ether oxygens (including phenoxy) is 1. The molecule has 0 spiro atoms. The Morgan fingerprint density at radius 3 is 2.75 bits per heavy atom. The number of nitrogens with zero attached hydrogens (tertiary/aromatic N) is 1. The molecule has 4 heteroatoms. The van der Waals surface area contributed by atoms with E-state index in [0.29, 0.717) is 19.6 Å². The highest BCUT2D eigenvalue weighted by Gasteiger charge is 2.51. The molecule has 110 valence electrons. The van der Waals surface area contributed by atoms with Crippen LogP contribution in [-0.4, -0.2) is 40.8 Å². The number of hydrogen-bond acceptors (Lipinski definition) is 4. The number of carbonyl (C=O) groups excluding carboxylic acids is 1. The molecule has 2 rings (SSSR count). The first kappa shape index (κ1) is 15.0. The topological polar surface area (TPSA) is 49.8 Å². The van der Waals surface area contributed by atoms with Gasteiger partial charge in [0, 0.05) is 12.6 Å². The molecule has 0 saturated carbocycles. The average Bonchev–Trinajstić information content (AvgIpc) is 2.78. The SMILES string of the molecule is CCOC(=O)C1(CO)CCC(C)N1Cc1ccccc1. The first-order valence-electron chi connectivity index (χ1n) is 7.23. The molecule has 1 aromatic rings. The summed E-state index contributed by atoms with van der Waals surface area (Å²) in [5.41, 5.74) is 0.258. The van der Waals surface area contributed by atoms with Crippen LogP contribution in [0.1, 0.15) is 32.3 Å². The number of benzene rings is 1. The summed E-state index contributed by atoms with van der Waals surface area (Å²) in [6.07, 6.45) is 1.54. The fourth-order valence-corrected chi connectivity index (χ4v) is 2.98. The van der Waals surface area contributed by atoms with Crippen LogP contribution in [0.2, 0.25) is 0 Å². The van der Waals surface area contributed by atoms with E-state index in [4.69, 9.17) is 4.74 Å². The van der Waals surface area contributed by atoms with Gasteiger partial charge in [-0.05, 0) is 32.3 Å². The Bertz CT molecular complexity index is 448. The highest BCUT2D eigenvalue weighted by molar-refractivity contribution is 5.81. The standard InChI is InChI=1S/C16H23NO3/c1-3-20-15(19)16(12-18)10-9-13(2)17(16)11-14-7-5-4-6-8-14/h4-8,13,18H,3,9-12H2,1-2H3. The molecule has 4 nitrogen and oxygen atoms in total. The van der Waals surface area contributed by atoms with Crippen molar-refractivity contribution in [2.75, 3.05) is 13.2 Å². The molecular weight excluding hydrogens is 254 g/mol. The van der Waals surface area contributed by atoms with Crippen molar-refractivity contribution in [3.8, 4) is 0 Å². The third-order valence-electron chi connectivity index (χ3n) is 4.17. The molecule has 1 heterocycles. The van der Waals surface area contributed by atoms with Crippen LogP contribution in [0.15, 0.2) is 30.3 Å². The lowest BCUT2D eigenvalue weighted by molar-refractivity contribution is -0.160. The summed E-state index contributed by atoms with van der Waals surface area (Å²) in [5, 5.41) is 9.84. The van der Waals surface area contributed by atoms with Crippen molar-refractivity contribution in [3.63, 3.8) is 0 Å². The summed E-state index contributed by atoms with van der Waals surface area (Å²) in [6.45, 7) is 4.70. The van der Waals surface area contributed by atoms with Gasteiger partial charge in [-0.1, -0.05) is 30.3 Å². The quantitative estimate of drug-likeness (QED) is 0.836. The normalized spacial score (nSPS) is 26.6. The van der Waals surface area contributed by atoms with Crippen LogP contribution in [0.4, 0.5) is 0 Å². The second-order valence-corrected chi connectivity index (χ2v) is 5.41. The minimum absolute atomic E-state index is 0.191. The van der Waals surface area contributed by atoms with Gasteiger partial charge in [0.15, 0.2) is 0 Å². The molecule has 2 atom stereocenters. The predicted molar refractivity (Wildman–Crippen MR) is 77.1 cm³/mol. The predicted octanol–water partition coefficient (Wildman–Crippen LogP) is 1.97. The summed E-state index contributed by atoms with van der Waals surface area (Å²) >= 11 is 0. The molecule has 0 aliphatic carbocycles. The lowest BCUT2D eigenvalue weighted by Crippen LogP contribution is -2.55. The number of carbonyl (C=O) groups is 1. The average molecular weight is 277 g/mol. The highest BCUT2D eigenvalue weighted by Crippen LogP contribution is 2.36. The van der Waals surface area contributed by atoms with Gasteiger partial charge in [0.1, 0.15) is 5.54 Å². The van der Waals surface area contributed by atoms with Gasteiger partial charge in [0.05, 0.1) is 13.2 Å². The van der Waals surface area contributed by atoms with Crippen molar-refractivity contribution >= 4 is 5.97 Å². The van der Waals surface area contributed by atoms with Crippen molar-refractivity contribution in [2.45, 2.75) is 44.8 Å². The maximum Gasteiger partial charge on any atom is 0.328 e. The molecule has 2 unspecified atom stereocenters. The Kier molecular flexibility index (Phi) is 4.78. The van der Waals surface area contributed by atoms with E-state index in [1.54, 1.807) is 6.92 Å². The van der Waals surface area contributed by atoms with Crippen molar-refractivity contribution < 1.29 is 14.6 Å². The van der Waals surface area contributed by atoms with Crippen molar-refractivity contribution in [1.82, 2.24) is 4.90 Å². The van der Waals surface area contributed by atoms with Gasteiger partial charge in [-0.15, -0.1) is 0 Å². The van der Waals surface area contributed by atoms with Crippen LogP contribution >= 0.6 is 0 Å². The van der Waals surface area contributed by atoms with Crippen molar-refractivity contribution in [3.05, 3.63) is 35.9 Å². The van der Waals surface area contributed by atoms with E-state index >= 15 is 0 Å². The Labute approximate surface area is 120 Å². The summed E-state index contributed by atoms with van der Waals surface area (Å²) in [6, 6.07) is 10.3. The molecule has 1 aliphatic rings. The Balaban J connectivity index is 2.24. The Morgan fingerprint density at radius 1 is 1.45 bits per heavy atom. The summed E-state index contributed by atoms with van der Waals surface area (Å²) < 4.78 is 5.20.